The van der Waals surface area contributed by atoms with Gasteiger partial charge in [0.05, 0.1) is 11.4 Å². The molecule has 4 rings (SSSR count). The van der Waals surface area contributed by atoms with Crippen LogP contribution in [0.4, 0.5) is 0 Å². The maximum Gasteiger partial charge on any atom is 0.635 e. The van der Waals surface area contributed by atoms with E-state index in [4.69, 9.17) is 14.5 Å². The Morgan fingerprint density at radius 3 is 2.53 bits per heavy atom. The Morgan fingerprint density at radius 1 is 1.08 bits per heavy atom. The zero-order valence-corrected chi connectivity index (χ0v) is 22.1. The normalized spacial score (nSPS) is 15.3. The number of hydrogen-bond donors (Lipinski definition) is 3. The highest BCUT2D eigenvalue weighted by Gasteiger charge is 2.25. The second kappa shape index (κ2) is 13.6. The lowest BCUT2D eigenvalue weighted by Gasteiger charge is -2.24. The molecule has 0 radical (unpaired) electrons. The minimum atomic E-state index is -1.98. The third kappa shape index (κ3) is 7.67. The van der Waals surface area contributed by atoms with Crippen molar-refractivity contribution >= 4 is 13.2 Å². The highest BCUT2D eigenvalue weighted by atomic mass is 16.6. The Labute approximate surface area is 224 Å². The fourth-order valence-electron chi connectivity index (χ4n) is 4.56. The average molecular weight is 520 g/mol. The van der Waals surface area contributed by atoms with E-state index in [0.29, 0.717) is 13.0 Å². The van der Waals surface area contributed by atoms with Crippen molar-refractivity contribution in [1.29, 1.82) is 0 Å². The molecule has 2 heterocycles. The summed E-state index contributed by atoms with van der Waals surface area (Å²) in [7, 11) is -1.98. The second-order valence-corrected chi connectivity index (χ2v) is 9.70. The van der Waals surface area contributed by atoms with Gasteiger partial charge in [0.25, 0.3) is 0 Å². The summed E-state index contributed by atoms with van der Waals surface area (Å²) in [6.07, 6.45) is 2.37. The molecule has 1 saturated heterocycles. The number of nitrogens with one attached hydrogen (secondary N) is 1. The third-order valence-corrected chi connectivity index (χ3v) is 6.88. The molecule has 0 bridgehead atoms. The van der Waals surface area contributed by atoms with Gasteiger partial charge in [-0.3, -0.25) is 14.4 Å². The first-order valence-corrected chi connectivity index (χ1v) is 13.3. The Balaban J connectivity index is 1.52. The van der Waals surface area contributed by atoms with E-state index in [2.05, 4.69) is 10.2 Å². The molecule has 1 amide bonds. The zero-order chi connectivity index (χ0) is 26.9. The molecule has 9 nitrogen and oxygen atoms in total. The molecular weight excluding hydrogens is 483 g/mol. The minimum absolute atomic E-state index is 0.0614. The van der Waals surface area contributed by atoms with E-state index < -0.39 is 13.5 Å². The van der Waals surface area contributed by atoms with Crippen molar-refractivity contribution in [3.05, 3.63) is 60.7 Å². The first-order chi connectivity index (χ1) is 18.4. The van der Waals surface area contributed by atoms with E-state index >= 15 is 0 Å². The molecule has 0 saturated carbocycles. The van der Waals surface area contributed by atoms with Crippen molar-refractivity contribution < 1.29 is 24.2 Å². The highest BCUT2D eigenvalue weighted by molar-refractivity contribution is 6.32. The van der Waals surface area contributed by atoms with Crippen molar-refractivity contribution in [1.82, 2.24) is 20.0 Å². The number of benzene rings is 2. The van der Waals surface area contributed by atoms with Crippen LogP contribution in [0.3, 0.4) is 0 Å². The molecule has 0 spiro atoms. The molecule has 3 N–H and O–H groups in total. The molecule has 2 aromatic carbocycles. The van der Waals surface area contributed by atoms with Crippen LogP contribution in [0.5, 0.6) is 5.75 Å². The van der Waals surface area contributed by atoms with Gasteiger partial charge in [-0.25, -0.2) is 0 Å². The number of carbonyl (C=O) groups excluding carboxylic acids is 1. The van der Waals surface area contributed by atoms with Crippen LogP contribution >= 0.6 is 0 Å². The van der Waals surface area contributed by atoms with E-state index in [1.54, 1.807) is 4.68 Å². The summed E-state index contributed by atoms with van der Waals surface area (Å²) < 4.78 is 12.8. The summed E-state index contributed by atoms with van der Waals surface area (Å²) in [4.78, 5) is 15.4. The van der Waals surface area contributed by atoms with Crippen molar-refractivity contribution in [2.45, 2.75) is 45.9 Å². The molecule has 38 heavy (non-hydrogen) atoms. The number of aromatic nitrogens is 2. The number of nitrogens with zero attached hydrogens (tertiary/aromatic N) is 3. The van der Waals surface area contributed by atoms with Crippen molar-refractivity contribution in [2.24, 2.45) is 5.92 Å². The number of ether oxygens (including phenoxy) is 1. The van der Waals surface area contributed by atoms with Gasteiger partial charge in [-0.15, -0.1) is 0 Å². The van der Waals surface area contributed by atoms with Crippen LogP contribution in [-0.2, 0) is 16.0 Å². The average Bonchev–Trinajstić information content (AvgIpc) is 3.58. The summed E-state index contributed by atoms with van der Waals surface area (Å²) in [5, 5.41) is 26.1. The zero-order valence-electron chi connectivity index (χ0n) is 22.1. The van der Waals surface area contributed by atoms with Crippen LogP contribution in [0, 0.1) is 5.92 Å². The van der Waals surface area contributed by atoms with Crippen LogP contribution < -0.4 is 10.1 Å². The maximum atomic E-state index is 13.0. The molecule has 1 fully saturated rings. The van der Waals surface area contributed by atoms with Crippen LogP contribution in [-0.4, -0.2) is 70.4 Å². The van der Waals surface area contributed by atoms with E-state index in [0.717, 1.165) is 47.9 Å². The Hall–Kier alpha value is -3.18. The maximum absolute atomic E-state index is 13.0. The summed E-state index contributed by atoms with van der Waals surface area (Å²) in [6, 6.07) is 19.6. The van der Waals surface area contributed by atoms with Gasteiger partial charge in [0, 0.05) is 12.1 Å². The molecule has 1 unspecified atom stereocenters. The Bertz CT molecular complexity index is 1170. The summed E-state index contributed by atoms with van der Waals surface area (Å²) in [5.74, 6) is 0.323. The molecule has 10 heteroatoms. The van der Waals surface area contributed by atoms with E-state index in [1.165, 1.54) is 12.8 Å². The van der Waals surface area contributed by atoms with Gasteiger partial charge in [0.15, 0.2) is 0 Å². The summed E-state index contributed by atoms with van der Waals surface area (Å²) >= 11 is 0. The smallest absolute Gasteiger partial charge is 0.492 e. The van der Waals surface area contributed by atoms with Gasteiger partial charge < -0.3 is 24.8 Å². The second-order valence-electron chi connectivity index (χ2n) is 9.70. The number of hydrogen-bond acceptors (Lipinski definition) is 7. The van der Waals surface area contributed by atoms with E-state index in [9.17, 15) is 14.8 Å². The molecular formula is C28H37BN4O5. The predicted molar refractivity (Wildman–Crippen MR) is 147 cm³/mol. The van der Waals surface area contributed by atoms with E-state index in [-0.39, 0.29) is 18.4 Å². The first-order valence-electron chi connectivity index (χ1n) is 13.3. The third-order valence-electron chi connectivity index (χ3n) is 6.88. The molecule has 202 valence electrons. The van der Waals surface area contributed by atoms with Gasteiger partial charge in [0.1, 0.15) is 25.1 Å². The first kappa shape index (κ1) is 27.8. The molecule has 3 aromatic rings. The van der Waals surface area contributed by atoms with Crippen molar-refractivity contribution in [3.8, 4) is 28.3 Å². The van der Waals surface area contributed by atoms with Gasteiger partial charge in [-0.05, 0) is 62.0 Å². The topological polar surface area (TPSA) is 109 Å². The monoisotopic (exact) mass is 520 g/mol. The molecule has 1 aromatic heterocycles. The lowest BCUT2D eigenvalue weighted by molar-refractivity contribution is -0.125. The Kier molecular flexibility index (Phi) is 9.94. The van der Waals surface area contributed by atoms with Crippen molar-refractivity contribution in [2.75, 3.05) is 26.2 Å². The number of likely N-dealkylation sites (tertiary alicyclic amines) is 1. The SMILES string of the molecule is CC[C@@H](C)C(NC(=O)Cn1nc(-c2cccc(OCCN3CCCC3)c2)cc1-c1ccccc1)OB(O)O. The number of amides is 1. The van der Waals surface area contributed by atoms with Gasteiger partial charge >= 0.3 is 7.32 Å². The van der Waals surface area contributed by atoms with Gasteiger partial charge in [0.2, 0.25) is 5.91 Å². The van der Waals surface area contributed by atoms with Crippen LogP contribution in [0.2, 0.25) is 0 Å². The Morgan fingerprint density at radius 2 is 1.82 bits per heavy atom. The quantitative estimate of drug-likeness (QED) is 0.235. The predicted octanol–water partition coefficient (Wildman–Crippen LogP) is 3.17. The highest BCUT2D eigenvalue weighted by Crippen LogP contribution is 2.28. The largest absolute Gasteiger partial charge is 0.635 e. The fourth-order valence-corrected chi connectivity index (χ4v) is 4.56. The standard InChI is InChI=1S/C28H37BN4O5/c1-3-21(2)28(38-29(35)36)30-27(34)20-33-26(22-10-5-4-6-11-22)19-25(31-33)23-12-9-13-24(18-23)37-17-16-32-14-7-8-15-32/h4-6,9-13,18-19,21,28,35-36H,3,7-8,14-17,20H2,1-2H3,(H,30,34)/t21-,28?/m1/s1. The van der Waals surface area contributed by atoms with Crippen LogP contribution in [0.1, 0.15) is 33.1 Å². The number of carbonyl (C=O) groups is 1. The fraction of sp³-hybridized carbons (Fsp3) is 0.429. The van der Waals surface area contributed by atoms with Crippen LogP contribution in [0.15, 0.2) is 60.7 Å². The minimum Gasteiger partial charge on any atom is -0.492 e. The van der Waals surface area contributed by atoms with E-state index in [1.807, 2.05) is 74.5 Å². The summed E-state index contributed by atoms with van der Waals surface area (Å²) in [5.41, 5.74) is 3.34. The van der Waals surface area contributed by atoms with Gasteiger partial charge in [-0.1, -0.05) is 56.3 Å². The molecule has 0 aliphatic carbocycles. The molecule has 1 aliphatic heterocycles. The van der Waals surface area contributed by atoms with Gasteiger partial charge in [-0.2, -0.15) is 5.10 Å². The lowest BCUT2D eigenvalue weighted by atomic mass is 10.1. The van der Waals surface area contributed by atoms with Crippen molar-refractivity contribution in [3.63, 3.8) is 0 Å². The molecule has 2 atom stereocenters. The molecule has 1 aliphatic rings. The summed E-state index contributed by atoms with van der Waals surface area (Å²) in [6.45, 7) is 7.58. The number of rotatable bonds is 13. The van der Waals surface area contributed by atoms with Crippen LogP contribution in [0.25, 0.3) is 22.5 Å². The lowest BCUT2D eigenvalue weighted by Crippen LogP contribution is -2.46.